The third-order valence-corrected chi connectivity index (χ3v) is 2.53. The number of benzene rings is 1. The van der Waals surface area contributed by atoms with Crippen molar-refractivity contribution < 1.29 is 9.90 Å². The first-order chi connectivity index (χ1) is 7.76. The highest BCUT2D eigenvalue weighted by atomic mass is 16.3. The van der Waals surface area contributed by atoms with Crippen LogP contribution in [0.2, 0.25) is 0 Å². The second-order valence-corrected chi connectivity index (χ2v) is 3.86. The fourth-order valence-corrected chi connectivity index (χ4v) is 1.51. The lowest BCUT2D eigenvalue weighted by molar-refractivity contribution is 0.112. The molecule has 0 aromatic heterocycles. The first kappa shape index (κ1) is 12.7. The average Bonchev–Trinajstić information content (AvgIpc) is 2.34. The van der Waals surface area contributed by atoms with Crippen LogP contribution in [0.1, 0.15) is 35.7 Å². The van der Waals surface area contributed by atoms with E-state index in [1.807, 2.05) is 31.2 Å². The predicted octanol–water partition coefficient (Wildman–Crippen LogP) is 2.76. The number of aldehydes is 1. The number of carbonyl (C=O) groups excluding carboxylic acids is 1. The van der Waals surface area contributed by atoms with Crippen molar-refractivity contribution in [2.24, 2.45) is 0 Å². The van der Waals surface area contributed by atoms with Crippen molar-refractivity contribution in [3.8, 4) is 0 Å². The van der Waals surface area contributed by atoms with Gasteiger partial charge >= 0.3 is 0 Å². The highest BCUT2D eigenvalue weighted by Gasteiger charge is 2.02. The molecule has 0 radical (unpaired) electrons. The maximum Gasteiger partial charge on any atom is 0.150 e. The summed E-state index contributed by atoms with van der Waals surface area (Å²) < 4.78 is 0. The lowest BCUT2D eigenvalue weighted by Crippen LogP contribution is -2.06. The van der Waals surface area contributed by atoms with Crippen LogP contribution in [0.25, 0.3) is 0 Å². The molecule has 86 valence electrons. The molecule has 0 aliphatic carbocycles. The normalized spacial score (nSPS) is 12.9. The molecule has 0 fully saturated rings. The standard InChI is InChI=1S/C14H18O2/c1-2-3-4-14(16)10-9-12-5-7-13(11-15)8-6-12/h2-3,5-8,11,14,16H,4,9-10H2,1H3/b3-2+/t14-/m0/s1. The Balaban J connectivity index is 2.38. The molecule has 0 bridgehead atoms. The molecule has 2 nitrogen and oxygen atoms in total. The molecule has 0 amide bonds. The number of aryl methyl sites for hydroxylation is 1. The van der Waals surface area contributed by atoms with Crippen LogP contribution in [0.15, 0.2) is 36.4 Å². The Morgan fingerprint density at radius 1 is 1.31 bits per heavy atom. The highest BCUT2D eigenvalue weighted by Crippen LogP contribution is 2.09. The largest absolute Gasteiger partial charge is 0.393 e. The summed E-state index contributed by atoms with van der Waals surface area (Å²) >= 11 is 0. The van der Waals surface area contributed by atoms with E-state index in [1.54, 1.807) is 12.1 Å². The summed E-state index contributed by atoms with van der Waals surface area (Å²) in [5, 5.41) is 9.63. The number of rotatable bonds is 6. The van der Waals surface area contributed by atoms with Crippen molar-refractivity contribution in [2.45, 2.75) is 32.3 Å². The molecule has 0 saturated carbocycles. The molecule has 0 saturated heterocycles. The smallest absolute Gasteiger partial charge is 0.150 e. The lowest BCUT2D eigenvalue weighted by atomic mass is 10.0. The van der Waals surface area contributed by atoms with Crippen LogP contribution in [-0.4, -0.2) is 17.5 Å². The molecule has 1 N–H and O–H groups in total. The van der Waals surface area contributed by atoms with Crippen molar-refractivity contribution in [1.29, 1.82) is 0 Å². The van der Waals surface area contributed by atoms with Crippen LogP contribution in [-0.2, 0) is 6.42 Å². The van der Waals surface area contributed by atoms with Crippen LogP contribution >= 0.6 is 0 Å². The van der Waals surface area contributed by atoms with E-state index in [-0.39, 0.29) is 6.10 Å². The van der Waals surface area contributed by atoms with Crippen LogP contribution < -0.4 is 0 Å². The molecular formula is C14H18O2. The quantitative estimate of drug-likeness (QED) is 0.589. The number of aliphatic hydroxyl groups is 1. The van der Waals surface area contributed by atoms with Crippen molar-refractivity contribution in [1.82, 2.24) is 0 Å². The van der Waals surface area contributed by atoms with Crippen LogP contribution in [0.3, 0.4) is 0 Å². The zero-order chi connectivity index (χ0) is 11.8. The summed E-state index contributed by atoms with van der Waals surface area (Å²) in [6.45, 7) is 1.95. The highest BCUT2D eigenvalue weighted by molar-refractivity contribution is 5.74. The first-order valence-corrected chi connectivity index (χ1v) is 5.59. The van der Waals surface area contributed by atoms with Gasteiger partial charge in [-0.1, -0.05) is 36.4 Å². The molecule has 2 heteroatoms. The van der Waals surface area contributed by atoms with Crippen molar-refractivity contribution in [2.75, 3.05) is 0 Å². The molecule has 16 heavy (non-hydrogen) atoms. The van der Waals surface area contributed by atoms with Crippen molar-refractivity contribution in [3.05, 3.63) is 47.5 Å². The van der Waals surface area contributed by atoms with Gasteiger partial charge in [-0.3, -0.25) is 4.79 Å². The number of allylic oxidation sites excluding steroid dienone is 1. The molecule has 1 rings (SSSR count). The summed E-state index contributed by atoms with van der Waals surface area (Å²) in [7, 11) is 0. The van der Waals surface area contributed by atoms with Gasteiger partial charge in [-0.2, -0.15) is 0 Å². The van der Waals surface area contributed by atoms with E-state index in [9.17, 15) is 9.90 Å². The van der Waals surface area contributed by atoms with E-state index >= 15 is 0 Å². The van der Waals surface area contributed by atoms with Gasteiger partial charge in [0, 0.05) is 5.56 Å². The Hall–Kier alpha value is -1.41. The second kappa shape index (κ2) is 6.96. The minimum Gasteiger partial charge on any atom is -0.393 e. The first-order valence-electron chi connectivity index (χ1n) is 5.59. The number of aliphatic hydroxyl groups excluding tert-OH is 1. The minimum atomic E-state index is -0.276. The molecule has 0 unspecified atom stereocenters. The molecule has 1 atom stereocenters. The third kappa shape index (κ3) is 4.41. The van der Waals surface area contributed by atoms with E-state index in [4.69, 9.17) is 0 Å². The summed E-state index contributed by atoms with van der Waals surface area (Å²) in [5.74, 6) is 0. The van der Waals surface area contributed by atoms with Gasteiger partial charge in [0.15, 0.2) is 0 Å². The minimum absolute atomic E-state index is 0.276. The summed E-state index contributed by atoms with van der Waals surface area (Å²) in [5.41, 5.74) is 1.85. The Kier molecular flexibility index (Phi) is 5.51. The summed E-state index contributed by atoms with van der Waals surface area (Å²) in [6, 6.07) is 7.49. The fraction of sp³-hybridized carbons (Fsp3) is 0.357. The Bertz CT molecular complexity index is 338. The van der Waals surface area contributed by atoms with Gasteiger partial charge in [0.2, 0.25) is 0 Å². The van der Waals surface area contributed by atoms with Gasteiger partial charge in [-0.25, -0.2) is 0 Å². The van der Waals surface area contributed by atoms with Crippen molar-refractivity contribution in [3.63, 3.8) is 0 Å². The van der Waals surface area contributed by atoms with E-state index < -0.39 is 0 Å². The van der Waals surface area contributed by atoms with Gasteiger partial charge in [0.05, 0.1) is 6.10 Å². The topological polar surface area (TPSA) is 37.3 Å². The van der Waals surface area contributed by atoms with Crippen molar-refractivity contribution >= 4 is 6.29 Å². The summed E-state index contributed by atoms with van der Waals surface area (Å²) in [6.07, 6.45) is 6.79. The Labute approximate surface area is 96.6 Å². The molecule has 0 heterocycles. The van der Waals surface area contributed by atoms with Crippen LogP contribution in [0.4, 0.5) is 0 Å². The molecular weight excluding hydrogens is 200 g/mol. The number of hydrogen-bond donors (Lipinski definition) is 1. The van der Waals surface area contributed by atoms with Gasteiger partial charge < -0.3 is 5.11 Å². The van der Waals surface area contributed by atoms with Crippen LogP contribution in [0.5, 0.6) is 0 Å². The SMILES string of the molecule is C/C=C/C[C@H](O)CCc1ccc(C=O)cc1. The monoisotopic (exact) mass is 218 g/mol. The van der Waals surface area contributed by atoms with E-state index in [1.165, 1.54) is 0 Å². The fourth-order valence-electron chi connectivity index (χ4n) is 1.51. The molecule has 0 aliphatic rings. The average molecular weight is 218 g/mol. The predicted molar refractivity (Wildman–Crippen MR) is 65.6 cm³/mol. The summed E-state index contributed by atoms with van der Waals surface area (Å²) in [4.78, 5) is 10.5. The third-order valence-electron chi connectivity index (χ3n) is 2.53. The van der Waals surface area contributed by atoms with Gasteiger partial charge in [-0.15, -0.1) is 0 Å². The molecule has 1 aromatic rings. The maximum atomic E-state index is 10.5. The van der Waals surface area contributed by atoms with Crippen LogP contribution in [0, 0.1) is 0 Å². The molecule has 0 aliphatic heterocycles. The number of hydrogen-bond acceptors (Lipinski definition) is 2. The van der Waals surface area contributed by atoms with Gasteiger partial charge in [-0.05, 0) is 31.7 Å². The maximum absolute atomic E-state index is 10.5. The Morgan fingerprint density at radius 2 is 2.00 bits per heavy atom. The Morgan fingerprint density at radius 3 is 2.56 bits per heavy atom. The van der Waals surface area contributed by atoms with Gasteiger partial charge in [0.1, 0.15) is 6.29 Å². The lowest BCUT2D eigenvalue weighted by Gasteiger charge is -2.07. The molecule has 0 spiro atoms. The number of carbonyl (C=O) groups is 1. The second-order valence-electron chi connectivity index (χ2n) is 3.86. The van der Waals surface area contributed by atoms with E-state index in [0.717, 1.165) is 24.7 Å². The van der Waals surface area contributed by atoms with E-state index in [2.05, 4.69) is 0 Å². The van der Waals surface area contributed by atoms with Gasteiger partial charge in [0.25, 0.3) is 0 Å². The van der Waals surface area contributed by atoms with E-state index in [0.29, 0.717) is 12.0 Å². The molecule has 1 aromatic carbocycles. The zero-order valence-corrected chi connectivity index (χ0v) is 9.60. The zero-order valence-electron chi connectivity index (χ0n) is 9.60.